The predicted octanol–water partition coefficient (Wildman–Crippen LogP) is 0.276. The van der Waals surface area contributed by atoms with Crippen LogP contribution in [0, 0.1) is 0 Å². The number of carbonyl (C=O) groups excluding carboxylic acids is 1. The molecule has 1 saturated carbocycles. The third-order valence-electron chi connectivity index (χ3n) is 1.93. The highest BCUT2D eigenvalue weighted by molar-refractivity contribution is 7.86. The molecule has 0 aromatic heterocycles. The quantitative estimate of drug-likeness (QED) is 0.402. The number of esters is 1. The summed E-state index contributed by atoms with van der Waals surface area (Å²) in [7, 11) is -2.41. The van der Waals surface area contributed by atoms with Crippen molar-refractivity contribution in [2.24, 2.45) is 0 Å². The van der Waals surface area contributed by atoms with Crippen LogP contribution in [-0.4, -0.2) is 38.7 Å². The van der Waals surface area contributed by atoms with Crippen LogP contribution in [0.1, 0.15) is 12.8 Å². The molecule has 0 aromatic carbocycles. The lowest BCUT2D eigenvalue weighted by Gasteiger charge is -2.18. The molecule has 1 atom stereocenters. The van der Waals surface area contributed by atoms with Crippen molar-refractivity contribution in [1.82, 2.24) is 0 Å². The molecule has 0 heterocycles. The van der Waals surface area contributed by atoms with E-state index in [1.807, 2.05) is 0 Å². The Morgan fingerprint density at radius 3 is 2.29 bits per heavy atom. The van der Waals surface area contributed by atoms with Crippen molar-refractivity contribution >= 4 is 27.7 Å². The highest BCUT2D eigenvalue weighted by Gasteiger charge is 2.56. The van der Waals surface area contributed by atoms with Crippen LogP contribution in [0.3, 0.4) is 0 Å². The lowest BCUT2D eigenvalue weighted by molar-refractivity contribution is -0.142. The zero-order valence-corrected chi connectivity index (χ0v) is 9.39. The number of methoxy groups -OCH3 is 1. The number of ether oxygens (including phenoxy) is 1. The fraction of sp³-hybridized carbons (Fsp3) is 0.857. The van der Waals surface area contributed by atoms with E-state index in [4.69, 9.17) is 15.8 Å². The summed E-state index contributed by atoms with van der Waals surface area (Å²) in [6.07, 6.45) is 1.82. The monoisotopic (exact) mass is 242 g/mol. The standard InChI is InChI=1S/C7H11ClO5S/c1-12-6(9)5(8)7(3-4-7)13-14(2,10)11/h5H,3-4H2,1-2H3. The molecule has 1 aliphatic carbocycles. The normalized spacial score (nSPS) is 21.4. The second-order valence-electron chi connectivity index (χ2n) is 3.24. The molecule has 0 N–H and O–H groups in total. The highest BCUT2D eigenvalue weighted by Crippen LogP contribution is 2.46. The number of halogens is 1. The molecule has 7 heteroatoms. The first-order valence-electron chi connectivity index (χ1n) is 3.93. The van der Waals surface area contributed by atoms with Crippen molar-refractivity contribution in [3.05, 3.63) is 0 Å². The minimum absolute atomic E-state index is 0.448. The van der Waals surface area contributed by atoms with Gasteiger partial charge in [0.15, 0.2) is 5.38 Å². The Kier molecular flexibility index (Phi) is 3.08. The first kappa shape index (κ1) is 11.7. The summed E-state index contributed by atoms with van der Waals surface area (Å²) in [4.78, 5) is 11.1. The van der Waals surface area contributed by atoms with Crippen LogP contribution in [0.25, 0.3) is 0 Å². The van der Waals surface area contributed by atoms with Crippen LogP contribution in [0.5, 0.6) is 0 Å². The Balaban J connectivity index is 2.72. The largest absolute Gasteiger partial charge is 0.468 e. The van der Waals surface area contributed by atoms with Crippen molar-refractivity contribution in [3.63, 3.8) is 0 Å². The number of hydrogen-bond donors (Lipinski definition) is 0. The molecule has 0 aliphatic heterocycles. The summed E-state index contributed by atoms with van der Waals surface area (Å²) in [6.45, 7) is 0. The molecular formula is C7H11ClO5S. The first-order chi connectivity index (χ1) is 6.31. The van der Waals surface area contributed by atoms with E-state index in [2.05, 4.69) is 4.74 Å². The van der Waals surface area contributed by atoms with Gasteiger partial charge in [0.25, 0.3) is 10.1 Å². The fourth-order valence-electron chi connectivity index (χ4n) is 1.12. The average molecular weight is 243 g/mol. The van der Waals surface area contributed by atoms with Gasteiger partial charge in [-0.3, -0.25) is 8.98 Å². The number of alkyl halides is 1. The third kappa shape index (κ3) is 2.59. The van der Waals surface area contributed by atoms with E-state index < -0.39 is 27.1 Å². The van der Waals surface area contributed by atoms with Crippen molar-refractivity contribution in [2.45, 2.75) is 23.8 Å². The van der Waals surface area contributed by atoms with Crippen LogP contribution >= 0.6 is 11.6 Å². The van der Waals surface area contributed by atoms with Crippen LogP contribution in [0.4, 0.5) is 0 Å². The average Bonchev–Trinajstić information content (AvgIpc) is 2.80. The van der Waals surface area contributed by atoms with Gasteiger partial charge in [-0.15, -0.1) is 11.6 Å². The molecule has 0 radical (unpaired) electrons. The molecule has 5 nitrogen and oxygen atoms in total. The third-order valence-corrected chi connectivity index (χ3v) is 3.14. The SMILES string of the molecule is COC(=O)C(Cl)C1(OS(C)(=O)=O)CC1. The van der Waals surface area contributed by atoms with Gasteiger partial charge in [-0.05, 0) is 12.8 Å². The zero-order chi connectivity index (χ0) is 11.0. The van der Waals surface area contributed by atoms with Gasteiger partial charge in [-0.2, -0.15) is 8.42 Å². The molecule has 14 heavy (non-hydrogen) atoms. The fourth-order valence-corrected chi connectivity index (χ4v) is 2.39. The van der Waals surface area contributed by atoms with E-state index in [9.17, 15) is 13.2 Å². The van der Waals surface area contributed by atoms with Gasteiger partial charge < -0.3 is 4.74 Å². The molecule has 1 fully saturated rings. The smallest absolute Gasteiger partial charge is 0.326 e. The predicted molar refractivity (Wildman–Crippen MR) is 49.6 cm³/mol. The molecular weight excluding hydrogens is 232 g/mol. The maximum atomic E-state index is 11.1. The Bertz CT molecular complexity index is 332. The molecule has 0 bridgehead atoms. The van der Waals surface area contributed by atoms with E-state index >= 15 is 0 Å². The van der Waals surface area contributed by atoms with Gasteiger partial charge >= 0.3 is 5.97 Å². The summed E-state index contributed by atoms with van der Waals surface area (Å²) in [5.74, 6) is -0.673. The van der Waals surface area contributed by atoms with Crippen LogP contribution < -0.4 is 0 Å². The summed E-state index contributed by atoms with van der Waals surface area (Å²) in [5, 5.41) is -1.07. The second-order valence-corrected chi connectivity index (χ2v) is 5.25. The topological polar surface area (TPSA) is 69.7 Å². The lowest BCUT2D eigenvalue weighted by atomic mass is 10.2. The molecule has 82 valence electrons. The number of rotatable bonds is 4. The van der Waals surface area contributed by atoms with Gasteiger partial charge in [-0.1, -0.05) is 0 Å². The van der Waals surface area contributed by atoms with Crippen molar-refractivity contribution < 1.29 is 22.1 Å². The number of carbonyl (C=O) groups is 1. The zero-order valence-electron chi connectivity index (χ0n) is 7.82. The molecule has 0 aromatic rings. The van der Waals surface area contributed by atoms with E-state index in [1.54, 1.807) is 0 Å². The molecule has 1 aliphatic rings. The second kappa shape index (κ2) is 3.67. The van der Waals surface area contributed by atoms with E-state index in [0.717, 1.165) is 6.26 Å². The van der Waals surface area contributed by atoms with E-state index in [1.165, 1.54) is 7.11 Å². The molecule has 1 rings (SSSR count). The molecule has 0 saturated heterocycles. The molecule has 0 amide bonds. The Hall–Kier alpha value is -0.330. The summed E-state index contributed by atoms with van der Waals surface area (Å²) >= 11 is 5.73. The van der Waals surface area contributed by atoms with Crippen molar-refractivity contribution in [1.29, 1.82) is 0 Å². The van der Waals surface area contributed by atoms with Gasteiger partial charge in [0.2, 0.25) is 0 Å². The Morgan fingerprint density at radius 1 is 1.50 bits per heavy atom. The minimum atomic E-state index is -3.60. The first-order valence-corrected chi connectivity index (χ1v) is 6.18. The lowest BCUT2D eigenvalue weighted by Crippen LogP contribution is -2.36. The van der Waals surface area contributed by atoms with Gasteiger partial charge in [-0.25, -0.2) is 0 Å². The minimum Gasteiger partial charge on any atom is -0.468 e. The van der Waals surface area contributed by atoms with Crippen molar-refractivity contribution in [3.8, 4) is 0 Å². The Labute approximate surface area is 87.4 Å². The van der Waals surface area contributed by atoms with Crippen LogP contribution in [0.2, 0.25) is 0 Å². The molecule has 0 spiro atoms. The summed E-state index contributed by atoms with van der Waals surface area (Å²) in [6, 6.07) is 0. The maximum Gasteiger partial charge on any atom is 0.326 e. The maximum absolute atomic E-state index is 11.1. The van der Waals surface area contributed by atoms with Crippen LogP contribution in [-0.2, 0) is 23.8 Å². The van der Waals surface area contributed by atoms with Crippen molar-refractivity contribution in [2.75, 3.05) is 13.4 Å². The van der Waals surface area contributed by atoms with Crippen LogP contribution in [0.15, 0.2) is 0 Å². The van der Waals surface area contributed by atoms with Gasteiger partial charge in [0.1, 0.15) is 5.60 Å². The van der Waals surface area contributed by atoms with E-state index in [-0.39, 0.29) is 0 Å². The summed E-state index contributed by atoms with van der Waals surface area (Å²) in [5.41, 5.74) is -1.08. The van der Waals surface area contributed by atoms with E-state index in [0.29, 0.717) is 12.8 Å². The highest BCUT2D eigenvalue weighted by atomic mass is 35.5. The molecule has 1 unspecified atom stereocenters. The number of hydrogen-bond acceptors (Lipinski definition) is 5. The Morgan fingerprint density at radius 2 is 2.00 bits per heavy atom. The van der Waals surface area contributed by atoms with Gasteiger partial charge in [0.05, 0.1) is 13.4 Å². The summed E-state index contributed by atoms with van der Waals surface area (Å²) < 4.78 is 30.9. The van der Waals surface area contributed by atoms with Gasteiger partial charge in [0, 0.05) is 0 Å².